The fraction of sp³-hybridized carbons (Fsp3) is 0.294. The van der Waals surface area contributed by atoms with Crippen LogP contribution < -0.4 is 4.90 Å². The van der Waals surface area contributed by atoms with Gasteiger partial charge in [-0.3, -0.25) is 4.79 Å². The van der Waals surface area contributed by atoms with Gasteiger partial charge in [0, 0.05) is 42.4 Å². The molecule has 0 spiro atoms. The number of halogens is 1. The number of aromatic nitrogens is 1. The molecule has 22 heavy (non-hydrogen) atoms. The summed E-state index contributed by atoms with van der Waals surface area (Å²) in [5.41, 5.74) is 0.762. The first kappa shape index (κ1) is 15.0. The highest BCUT2D eigenvalue weighted by Crippen LogP contribution is 2.17. The smallest absolute Gasteiger partial charge is 0.253 e. The maximum Gasteiger partial charge on any atom is 0.253 e. The van der Waals surface area contributed by atoms with Gasteiger partial charge in [0.15, 0.2) is 0 Å². The van der Waals surface area contributed by atoms with Crippen LogP contribution in [0.4, 0.5) is 5.82 Å². The third-order valence-corrected chi connectivity index (χ3v) is 4.31. The Balaban J connectivity index is 1.67. The molecule has 1 aliphatic rings. The predicted molar refractivity (Wildman–Crippen MR) is 91.1 cm³/mol. The molecule has 0 N–H and O–H groups in total. The lowest BCUT2D eigenvalue weighted by Gasteiger charge is -2.23. The third-order valence-electron chi connectivity index (χ3n) is 3.84. The first-order valence-corrected chi connectivity index (χ1v) is 8.24. The Kier molecular flexibility index (Phi) is 4.73. The summed E-state index contributed by atoms with van der Waals surface area (Å²) in [7, 11) is 0. The molecule has 1 amide bonds. The number of anilines is 1. The number of rotatable bonds is 2. The van der Waals surface area contributed by atoms with E-state index in [4.69, 9.17) is 0 Å². The molecule has 0 radical (unpaired) electrons. The molecule has 114 valence electrons. The van der Waals surface area contributed by atoms with Gasteiger partial charge >= 0.3 is 0 Å². The Morgan fingerprint density at radius 2 is 1.82 bits per heavy atom. The van der Waals surface area contributed by atoms with Crippen LogP contribution >= 0.6 is 15.9 Å². The number of hydrogen-bond donors (Lipinski definition) is 0. The van der Waals surface area contributed by atoms with Crippen LogP contribution in [0, 0.1) is 0 Å². The van der Waals surface area contributed by atoms with Crippen molar-refractivity contribution in [2.45, 2.75) is 6.42 Å². The Bertz CT molecular complexity index is 630. The molecule has 0 aliphatic carbocycles. The fourth-order valence-corrected chi connectivity index (χ4v) is 2.90. The Morgan fingerprint density at radius 1 is 1.00 bits per heavy atom. The number of amides is 1. The van der Waals surface area contributed by atoms with Crippen molar-refractivity contribution in [2.24, 2.45) is 0 Å². The van der Waals surface area contributed by atoms with E-state index in [9.17, 15) is 4.79 Å². The highest BCUT2D eigenvalue weighted by molar-refractivity contribution is 9.10. The fourth-order valence-electron chi connectivity index (χ4n) is 2.67. The number of benzene rings is 1. The van der Waals surface area contributed by atoms with Crippen molar-refractivity contribution in [2.75, 3.05) is 31.1 Å². The maximum absolute atomic E-state index is 12.5. The van der Waals surface area contributed by atoms with E-state index in [0.29, 0.717) is 0 Å². The number of pyridine rings is 1. The molecule has 1 fully saturated rings. The quantitative estimate of drug-likeness (QED) is 0.825. The normalized spacial score (nSPS) is 15.5. The van der Waals surface area contributed by atoms with Crippen LogP contribution in [0.2, 0.25) is 0 Å². The standard InChI is InChI=1S/C17H18BrN3O/c18-15-7-8-16(19-13-15)20-9-4-10-21(12-11-20)17(22)14-5-2-1-3-6-14/h1-3,5-8,13H,4,9-12H2. The first-order valence-electron chi connectivity index (χ1n) is 7.45. The van der Waals surface area contributed by atoms with Gasteiger partial charge in [0.05, 0.1) is 0 Å². The zero-order chi connectivity index (χ0) is 15.4. The summed E-state index contributed by atoms with van der Waals surface area (Å²) in [5, 5.41) is 0. The van der Waals surface area contributed by atoms with Gasteiger partial charge in [-0.1, -0.05) is 18.2 Å². The van der Waals surface area contributed by atoms with E-state index >= 15 is 0 Å². The van der Waals surface area contributed by atoms with E-state index in [-0.39, 0.29) is 5.91 Å². The second-order valence-corrected chi connectivity index (χ2v) is 6.25. The molecule has 1 aromatic carbocycles. The molecule has 0 atom stereocenters. The largest absolute Gasteiger partial charge is 0.355 e. The molecule has 5 heteroatoms. The predicted octanol–water partition coefficient (Wildman–Crippen LogP) is 3.20. The molecule has 3 rings (SSSR count). The summed E-state index contributed by atoms with van der Waals surface area (Å²) in [6.07, 6.45) is 2.77. The molecule has 2 aromatic rings. The molecular weight excluding hydrogens is 342 g/mol. The van der Waals surface area contributed by atoms with Crippen molar-refractivity contribution in [1.29, 1.82) is 0 Å². The van der Waals surface area contributed by atoms with Crippen molar-refractivity contribution in [1.82, 2.24) is 9.88 Å². The Labute approximate surface area is 138 Å². The number of carbonyl (C=O) groups is 1. The van der Waals surface area contributed by atoms with Crippen LogP contribution in [-0.2, 0) is 0 Å². The molecule has 1 aromatic heterocycles. The highest BCUT2D eigenvalue weighted by atomic mass is 79.9. The van der Waals surface area contributed by atoms with Gasteiger partial charge < -0.3 is 9.80 Å². The zero-order valence-electron chi connectivity index (χ0n) is 12.3. The van der Waals surface area contributed by atoms with Crippen molar-refractivity contribution in [3.8, 4) is 0 Å². The minimum atomic E-state index is 0.117. The Hall–Kier alpha value is -1.88. The summed E-state index contributed by atoms with van der Waals surface area (Å²) in [6, 6.07) is 13.5. The summed E-state index contributed by atoms with van der Waals surface area (Å²) in [6.45, 7) is 3.26. The monoisotopic (exact) mass is 359 g/mol. The average molecular weight is 360 g/mol. The van der Waals surface area contributed by atoms with Gasteiger partial charge in [0.1, 0.15) is 5.82 Å². The summed E-state index contributed by atoms with van der Waals surface area (Å²) in [4.78, 5) is 21.2. The van der Waals surface area contributed by atoms with E-state index in [1.165, 1.54) is 0 Å². The van der Waals surface area contributed by atoms with Crippen molar-refractivity contribution >= 4 is 27.7 Å². The van der Waals surface area contributed by atoms with Crippen LogP contribution in [0.3, 0.4) is 0 Å². The van der Waals surface area contributed by atoms with Crippen molar-refractivity contribution < 1.29 is 4.79 Å². The third kappa shape index (κ3) is 3.47. The molecule has 2 heterocycles. The lowest BCUT2D eigenvalue weighted by atomic mass is 10.2. The minimum Gasteiger partial charge on any atom is -0.355 e. The van der Waals surface area contributed by atoms with E-state index in [1.54, 1.807) is 0 Å². The number of carbonyl (C=O) groups excluding carboxylic acids is 1. The second-order valence-electron chi connectivity index (χ2n) is 5.33. The van der Waals surface area contributed by atoms with Crippen LogP contribution in [0.25, 0.3) is 0 Å². The topological polar surface area (TPSA) is 36.4 Å². The average Bonchev–Trinajstić information content (AvgIpc) is 2.82. The van der Waals surface area contributed by atoms with Crippen molar-refractivity contribution in [3.05, 3.63) is 58.7 Å². The van der Waals surface area contributed by atoms with Crippen LogP contribution in [0.1, 0.15) is 16.8 Å². The maximum atomic E-state index is 12.5. The van der Waals surface area contributed by atoms with E-state index in [0.717, 1.165) is 48.5 Å². The number of nitrogens with zero attached hydrogens (tertiary/aromatic N) is 3. The van der Waals surface area contributed by atoms with E-state index in [1.807, 2.05) is 53.6 Å². The minimum absolute atomic E-state index is 0.117. The lowest BCUT2D eigenvalue weighted by molar-refractivity contribution is 0.0767. The summed E-state index contributed by atoms with van der Waals surface area (Å²) in [5.74, 6) is 1.09. The van der Waals surface area contributed by atoms with Crippen LogP contribution in [-0.4, -0.2) is 42.0 Å². The molecule has 0 unspecified atom stereocenters. The lowest BCUT2D eigenvalue weighted by Crippen LogP contribution is -2.35. The van der Waals surface area contributed by atoms with Gasteiger partial charge in [-0.25, -0.2) is 4.98 Å². The molecule has 0 bridgehead atoms. The zero-order valence-corrected chi connectivity index (χ0v) is 13.9. The first-order chi connectivity index (χ1) is 10.7. The molecular formula is C17H18BrN3O. The van der Waals surface area contributed by atoms with Gasteiger partial charge in [-0.05, 0) is 46.6 Å². The number of hydrogen-bond acceptors (Lipinski definition) is 3. The van der Waals surface area contributed by atoms with Gasteiger partial charge in [-0.15, -0.1) is 0 Å². The SMILES string of the molecule is O=C(c1ccccc1)N1CCCN(c2ccc(Br)cn2)CC1. The molecule has 0 saturated carbocycles. The van der Waals surface area contributed by atoms with E-state index in [2.05, 4.69) is 25.8 Å². The summed E-state index contributed by atoms with van der Waals surface area (Å²) >= 11 is 3.41. The molecule has 1 saturated heterocycles. The Morgan fingerprint density at radius 3 is 2.55 bits per heavy atom. The van der Waals surface area contributed by atoms with E-state index < -0.39 is 0 Å². The van der Waals surface area contributed by atoms with Gasteiger partial charge in [-0.2, -0.15) is 0 Å². The van der Waals surface area contributed by atoms with Gasteiger partial charge in [0.25, 0.3) is 5.91 Å². The molecule has 1 aliphatic heterocycles. The summed E-state index contributed by atoms with van der Waals surface area (Å²) < 4.78 is 0.979. The highest BCUT2D eigenvalue weighted by Gasteiger charge is 2.20. The van der Waals surface area contributed by atoms with Crippen LogP contribution in [0.5, 0.6) is 0 Å². The van der Waals surface area contributed by atoms with Gasteiger partial charge in [0.2, 0.25) is 0 Å². The second kappa shape index (κ2) is 6.92. The molecule has 4 nitrogen and oxygen atoms in total. The van der Waals surface area contributed by atoms with Crippen molar-refractivity contribution in [3.63, 3.8) is 0 Å². The van der Waals surface area contributed by atoms with Crippen LogP contribution in [0.15, 0.2) is 53.1 Å².